The Bertz CT molecular complexity index is 1270. The molecule has 1 aliphatic carbocycles. The molecule has 0 aromatic heterocycles. The number of aryl methyl sites for hydroxylation is 1. The standard InChI is InChI=1S/C25H19ClFNO/c1-12-8-17-15(10-19(12)26)18-11-25(2,3)28-20-6-5-14-16-9-13(27)4-7-21(16)29-24(17)23(14)22(18)20/h4-11,24,28H,1-3H3. The SMILES string of the molecule is Cc1cc2c(cc1Cl)C1=CC(C)(C)Nc3ccc4c(c31)C2Oc1ccc(F)cc1-4. The van der Waals surface area contributed by atoms with Crippen molar-refractivity contribution in [1.29, 1.82) is 0 Å². The summed E-state index contributed by atoms with van der Waals surface area (Å²) in [5, 5.41) is 4.37. The van der Waals surface area contributed by atoms with Crippen molar-refractivity contribution in [2.75, 3.05) is 5.32 Å². The second-order valence-corrected chi connectivity index (χ2v) is 9.09. The molecule has 3 aromatic rings. The first-order chi connectivity index (χ1) is 13.8. The lowest BCUT2D eigenvalue weighted by molar-refractivity contribution is 0.241. The molecule has 2 heterocycles. The van der Waals surface area contributed by atoms with Crippen LogP contribution in [-0.2, 0) is 0 Å². The third-order valence-electron chi connectivity index (χ3n) is 6.12. The number of nitrogens with one attached hydrogen (secondary N) is 1. The van der Waals surface area contributed by atoms with Crippen molar-refractivity contribution >= 4 is 22.9 Å². The van der Waals surface area contributed by atoms with Gasteiger partial charge in [0.1, 0.15) is 11.6 Å². The monoisotopic (exact) mass is 403 g/mol. The minimum absolute atomic E-state index is 0.197. The molecule has 0 bridgehead atoms. The van der Waals surface area contributed by atoms with Crippen molar-refractivity contribution in [3.05, 3.63) is 87.2 Å². The molecule has 0 fully saturated rings. The van der Waals surface area contributed by atoms with Crippen molar-refractivity contribution in [3.63, 3.8) is 0 Å². The Morgan fingerprint density at radius 3 is 2.69 bits per heavy atom. The van der Waals surface area contributed by atoms with Crippen LogP contribution in [0.2, 0.25) is 5.02 Å². The maximum absolute atomic E-state index is 14.1. The molecule has 3 aromatic carbocycles. The summed E-state index contributed by atoms with van der Waals surface area (Å²) in [4.78, 5) is 0. The summed E-state index contributed by atoms with van der Waals surface area (Å²) in [6.45, 7) is 6.33. The van der Waals surface area contributed by atoms with Crippen molar-refractivity contribution in [3.8, 4) is 16.9 Å². The smallest absolute Gasteiger partial charge is 0.151 e. The van der Waals surface area contributed by atoms with Gasteiger partial charge in [0.2, 0.25) is 0 Å². The number of fused-ring (bicyclic) bond motifs is 5. The van der Waals surface area contributed by atoms with E-state index < -0.39 is 0 Å². The highest BCUT2D eigenvalue weighted by Gasteiger charge is 2.41. The fourth-order valence-electron chi connectivity index (χ4n) is 4.92. The molecule has 1 N–H and O–H groups in total. The zero-order chi connectivity index (χ0) is 20.1. The lowest BCUT2D eigenvalue weighted by atomic mass is 9.72. The van der Waals surface area contributed by atoms with Gasteiger partial charge in [-0.15, -0.1) is 0 Å². The van der Waals surface area contributed by atoms with E-state index in [0.717, 1.165) is 55.2 Å². The molecule has 0 spiro atoms. The van der Waals surface area contributed by atoms with Gasteiger partial charge in [0.25, 0.3) is 0 Å². The van der Waals surface area contributed by atoms with Gasteiger partial charge in [-0.1, -0.05) is 23.7 Å². The summed E-state index contributed by atoms with van der Waals surface area (Å²) in [6, 6.07) is 13.1. The van der Waals surface area contributed by atoms with E-state index in [1.807, 2.05) is 6.92 Å². The summed E-state index contributed by atoms with van der Waals surface area (Å²) in [7, 11) is 0. The van der Waals surface area contributed by atoms with Crippen LogP contribution < -0.4 is 10.1 Å². The van der Waals surface area contributed by atoms with E-state index in [0.29, 0.717) is 5.75 Å². The van der Waals surface area contributed by atoms with E-state index in [9.17, 15) is 4.39 Å². The van der Waals surface area contributed by atoms with Crippen molar-refractivity contribution < 1.29 is 9.13 Å². The fraction of sp³-hybridized carbons (Fsp3) is 0.200. The van der Waals surface area contributed by atoms with Crippen LogP contribution in [0.15, 0.2) is 48.5 Å². The average molecular weight is 404 g/mol. The highest BCUT2D eigenvalue weighted by Crippen LogP contribution is 2.56. The van der Waals surface area contributed by atoms with Crippen molar-refractivity contribution in [2.24, 2.45) is 0 Å². The van der Waals surface area contributed by atoms with Gasteiger partial charge in [0.05, 0.1) is 5.54 Å². The highest BCUT2D eigenvalue weighted by atomic mass is 35.5. The lowest BCUT2D eigenvalue weighted by Gasteiger charge is -2.42. The van der Waals surface area contributed by atoms with Gasteiger partial charge >= 0.3 is 0 Å². The van der Waals surface area contributed by atoms with Crippen LogP contribution in [0.3, 0.4) is 0 Å². The zero-order valence-electron chi connectivity index (χ0n) is 16.4. The molecule has 4 heteroatoms. The molecule has 2 nitrogen and oxygen atoms in total. The minimum atomic E-state index is -0.260. The summed E-state index contributed by atoms with van der Waals surface area (Å²) < 4.78 is 20.5. The van der Waals surface area contributed by atoms with E-state index in [2.05, 4.69) is 49.5 Å². The third-order valence-corrected chi connectivity index (χ3v) is 6.53. The number of anilines is 1. The Labute approximate surface area is 174 Å². The first-order valence-electron chi connectivity index (χ1n) is 9.78. The van der Waals surface area contributed by atoms with Crippen molar-refractivity contribution in [1.82, 2.24) is 0 Å². The van der Waals surface area contributed by atoms with Gasteiger partial charge in [0, 0.05) is 33.0 Å². The van der Waals surface area contributed by atoms with E-state index in [-0.39, 0.29) is 17.5 Å². The molecule has 0 amide bonds. The van der Waals surface area contributed by atoms with Crippen LogP contribution in [0.1, 0.15) is 47.8 Å². The number of hydrogen-bond acceptors (Lipinski definition) is 2. The van der Waals surface area contributed by atoms with Gasteiger partial charge in [-0.3, -0.25) is 0 Å². The summed E-state index contributed by atoms with van der Waals surface area (Å²) in [5.41, 5.74) is 9.34. The Kier molecular flexibility index (Phi) is 3.20. The van der Waals surface area contributed by atoms with Crippen LogP contribution in [-0.4, -0.2) is 5.54 Å². The van der Waals surface area contributed by atoms with Gasteiger partial charge in [-0.25, -0.2) is 4.39 Å². The maximum atomic E-state index is 14.1. The van der Waals surface area contributed by atoms with Crippen LogP contribution in [0.4, 0.5) is 10.1 Å². The maximum Gasteiger partial charge on any atom is 0.151 e. The molecule has 1 unspecified atom stereocenters. The quantitative estimate of drug-likeness (QED) is 0.441. The molecule has 3 aliphatic rings. The van der Waals surface area contributed by atoms with Crippen LogP contribution in [0.5, 0.6) is 5.75 Å². The number of benzene rings is 3. The fourth-order valence-corrected chi connectivity index (χ4v) is 5.09. The average Bonchev–Trinajstić information content (AvgIpc) is 2.66. The predicted molar refractivity (Wildman–Crippen MR) is 115 cm³/mol. The third kappa shape index (κ3) is 2.28. The van der Waals surface area contributed by atoms with Crippen LogP contribution in [0.25, 0.3) is 16.7 Å². The van der Waals surface area contributed by atoms with Gasteiger partial charge in [-0.2, -0.15) is 0 Å². The Balaban J connectivity index is 1.75. The Hall–Kier alpha value is -2.78. The Morgan fingerprint density at radius 2 is 1.86 bits per heavy atom. The number of rotatable bonds is 0. The van der Waals surface area contributed by atoms with Crippen LogP contribution in [0, 0.1) is 12.7 Å². The first-order valence-corrected chi connectivity index (χ1v) is 10.2. The number of halogens is 2. The zero-order valence-corrected chi connectivity index (χ0v) is 17.1. The van der Waals surface area contributed by atoms with E-state index >= 15 is 0 Å². The van der Waals surface area contributed by atoms with Gasteiger partial charge in [-0.05, 0) is 79.4 Å². The summed E-state index contributed by atoms with van der Waals surface area (Å²) >= 11 is 6.53. The second kappa shape index (κ2) is 5.43. The second-order valence-electron chi connectivity index (χ2n) is 8.68. The van der Waals surface area contributed by atoms with E-state index in [1.165, 1.54) is 6.07 Å². The molecular weight excluding hydrogens is 385 g/mol. The number of hydrogen-bond donors (Lipinski definition) is 1. The molecule has 0 radical (unpaired) electrons. The Morgan fingerprint density at radius 1 is 1.03 bits per heavy atom. The summed E-state index contributed by atoms with van der Waals surface area (Å²) in [6.07, 6.45) is 2.02. The summed E-state index contributed by atoms with van der Waals surface area (Å²) in [5.74, 6) is 0.448. The molecule has 29 heavy (non-hydrogen) atoms. The first kappa shape index (κ1) is 17.1. The topological polar surface area (TPSA) is 21.3 Å². The highest BCUT2D eigenvalue weighted by molar-refractivity contribution is 6.31. The van der Waals surface area contributed by atoms with Crippen molar-refractivity contribution in [2.45, 2.75) is 32.4 Å². The lowest BCUT2D eigenvalue weighted by Crippen LogP contribution is -2.35. The molecule has 6 rings (SSSR count). The normalized spacial score (nSPS) is 19.2. The van der Waals surface area contributed by atoms with Crippen LogP contribution >= 0.6 is 11.6 Å². The molecule has 144 valence electrons. The molecule has 1 atom stereocenters. The van der Waals surface area contributed by atoms with E-state index in [4.69, 9.17) is 16.3 Å². The van der Waals surface area contributed by atoms with Gasteiger partial charge < -0.3 is 10.1 Å². The minimum Gasteiger partial charge on any atom is -0.480 e. The molecule has 0 saturated carbocycles. The molecule has 0 saturated heterocycles. The molecular formula is C25H19ClFNO. The van der Waals surface area contributed by atoms with Gasteiger partial charge in [0.15, 0.2) is 6.10 Å². The predicted octanol–water partition coefficient (Wildman–Crippen LogP) is 6.89. The molecule has 2 aliphatic heterocycles. The number of ether oxygens (including phenoxy) is 1. The van der Waals surface area contributed by atoms with E-state index in [1.54, 1.807) is 12.1 Å². The largest absolute Gasteiger partial charge is 0.480 e.